The van der Waals surface area contributed by atoms with Gasteiger partial charge in [0, 0.05) is 17.7 Å². The Balaban J connectivity index is 1.95. The average Bonchev–Trinajstić information content (AvgIpc) is 2.74. The number of ether oxygens (including phenoxy) is 2. The van der Waals surface area contributed by atoms with Gasteiger partial charge in [0.25, 0.3) is 0 Å². The van der Waals surface area contributed by atoms with Gasteiger partial charge >= 0.3 is 0 Å². The van der Waals surface area contributed by atoms with Crippen molar-refractivity contribution >= 4 is 11.0 Å². The van der Waals surface area contributed by atoms with Crippen LogP contribution in [0.4, 0.5) is 0 Å². The minimum atomic E-state index is -1.80. The molecule has 1 aromatic heterocycles. The third-order valence-electron chi connectivity index (χ3n) is 5.29. The van der Waals surface area contributed by atoms with Crippen LogP contribution in [0.1, 0.15) is 6.92 Å². The number of phenols is 5. The smallest absolute Gasteiger partial charge is 0.239 e. The first-order valence-corrected chi connectivity index (χ1v) is 9.64. The fourth-order valence-electron chi connectivity index (χ4n) is 3.53. The third kappa shape index (κ3) is 3.74. The number of aliphatic hydroxyl groups excluding tert-OH is 3. The summed E-state index contributed by atoms with van der Waals surface area (Å²) in [5.74, 6) is -4.55. The summed E-state index contributed by atoms with van der Waals surface area (Å²) in [4.78, 5) is 13.2. The summed E-state index contributed by atoms with van der Waals surface area (Å²) in [5, 5.41) is 79.1. The molecule has 1 aliphatic heterocycles. The van der Waals surface area contributed by atoms with E-state index < -0.39 is 81.8 Å². The van der Waals surface area contributed by atoms with Crippen molar-refractivity contribution in [3.05, 3.63) is 34.5 Å². The molecule has 0 aliphatic carbocycles. The lowest BCUT2D eigenvalue weighted by atomic mass is 10.00. The number of aromatic hydroxyl groups is 5. The molecule has 1 fully saturated rings. The number of aliphatic hydroxyl groups is 3. The molecule has 0 saturated carbocycles. The fourth-order valence-corrected chi connectivity index (χ4v) is 3.53. The Bertz CT molecular complexity index is 1260. The lowest BCUT2D eigenvalue weighted by Crippen LogP contribution is -2.58. The molecule has 1 aliphatic rings. The molecule has 8 N–H and O–H groups in total. The van der Waals surface area contributed by atoms with E-state index in [1.54, 1.807) is 0 Å². The quantitative estimate of drug-likeness (QED) is 0.244. The summed E-state index contributed by atoms with van der Waals surface area (Å²) in [7, 11) is 0. The zero-order chi connectivity index (χ0) is 24.2. The van der Waals surface area contributed by atoms with E-state index in [0.29, 0.717) is 0 Å². The Kier molecular flexibility index (Phi) is 5.46. The molecule has 0 spiro atoms. The Hall–Kier alpha value is -3.71. The van der Waals surface area contributed by atoms with Crippen LogP contribution in [0, 0.1) is 0 Å². The first-order chi connectivity index (χ1) is 15.5. The van der Waals surface area contributed by atoms with Crippen molar-refractivity contribution in [2.75, 3.05) is 0 Å². The van der Waals surface area contributed by atoms with E-state index in [1.807, 2.05) is 0 Å². The average molecular weight is 464 g/mol. The molecule has 0 amide bonds. The topological polar surface area (TPSA) is 211 Å². The van der Waals surface area contributed by atoms with E-state index in [1.165, 1.54) is 6.92 Å². The van der Waals surface area contributed by atoms with Gasteiger partial charge in [-0.3, -0.25) is 4.79 Å². The summed E-state index contributed by atoms with van der Waals surface area (Å²) in [6.45, 7) is 1.39. The zero-order valence-corrected chi connectivity index (χ0v) is 16.9. The van der Waals surface area contributed by atoms with Crippen LogP contribution >= 0.6 is 0 Å². The van der Waals surface area contributed by atoms with Gasteiger partial charge in [-0.05, 0) is 19.1 Å². The molecule has 33 heavy (non-hydrogen) atoms. The van der Waals surface area contributed by atoms with Crippen LogP contribution in [0.5, 0.6) is 34.5 Å². The van der Waals surface area contributed by atoms with Gasteiger partial charge in [-0.1, -0.05) is 0 Å². The molecule has 2 heterocycles. The maximum absolute atomic E-state index is 13.2. The van der Waals surface area contributed by atoms with Crippen molar-refractivity contribution in [3.8, 4) is 45.8 Å². The van der Waals surface area contributed by atoms with E-state index >= 15 is 0 Å². The van der Waals surface area contributed by atoms with E-state index in [2.05, 4.69) is 0 Å². The molecule has 3 aromatic rings. The van der Waals surface area contributed by atoms with E-state index in [0.717, 1.165) is 24.3 Å². The summed E-state index contributed by atoms with van der Waals surface area (Å²) in [5.41, 5.74) is -1.45. The number of phenolic OH excluding ortho intramolecular Hbond substituents is 5. The summed E-state index contributed by atoms with van der Waals surface area (Å²) < 4.78 is 16.5. The normalized spacial score (nSPS) is 25.3. The van der Waals surface area contributed by atoms with Gasteiger partial charge in [0.1, 0.15) is 40.8 Å². The molecule has 0 unspecified atom stereocenters. The van der Waals surface area contributed by atoms with Crippen LogP contribution in [0.3, 0.4) is 0 Å². The molecular formula is C21H20O12. The van der Waals surface area contributed by atoms with E-state index in [9.17, 15) is 45.6 Å². The van der Waals surface area contributed by atoms with Gasteiger partial charge in [0.2, 0.25) is 17.5 Å². The van der Waals surface area contributed by atoms with Crippen molar-refractivity contribution in [3.63, 3.8) is 0 Å². The van der Waals surface area contributed by atoms with Gasteiger partial charge in [-0.15, -0.1) is 0 Å². The minimum Gasteiger partial charge on any atom is -0.508 e. The fraction of sp³-hybridized carbons (Fsp3) is 0.286. The van der Waals surface area contributed by atoms with Crippen LogP contribution in [0.15, 0.2) is 33.5 Å². The van der Waals surface area contributed by atoms with Crippen LogP contribution in [0.2, 0.25) is 0 Å². The summed E-state index contributed by atoms with van der Waals surface area (Å²) in [6.07, 6.45) is -7.59. The highest BCUT2D eigenvalue weighted by molar-refractivity contribution is 5.88. The van der Waals surface area contributed by atoms with Gasteiger partial charge < -0.3 is 54.7 Å². The SMILES string of the molecule is C[C@H]1O[C@@H](Oc2c(-c3cc(O)c(O)c(O)c3)oc3cc(O)cc(O)c3c2=O)[C@H](O)[C@H](O)[C@@H]1O. The Labute approximate surface area is 184 Å². The number of fused-ring (bicyclic) bond motifs is 1. The van der Waals surface area contributed by atoms with Crippen molar-refractivity contribution in [1.82, 2.24) is 0 Å². The number of hydrogen-bond acceptors (Lipinski definition) is 12. The second-order valence-electron chi connectivity index (χ2n) is 7.59. The van der Waals surface area contributed by atoms with Crippen molar-refractivity contribution in [2.24, 2.45) is 0 Å². The minimum absolute atomic E-state index is 0.168. The second-order valence-corrected chi connectivity index (χ2v) is 7.59. The monoisotopic (exact) mass is 464 g/mol. The number of rotatable bonds is 3. The highest BCUT2D eigenvalue weighted by atomic mass is 16.7. The lowest BCUT2D eigenvalue weighted by Gasteiger charge is -2.38. The first kappa shape index (κ1) is 22.5. The zero-order valence-electron chi connectivity index (χ0n) is 16.9. The third-order valence-corrected chi connectivity index (χ3v) is 5.29. The molecule has 1 saturated heterocycles. The van der Waals surface area contributed by atoms with Crippen LogP contribution in [0.25, 0.3) is 22.3 Å². The number of benzene rings is 2. The van der Waals surface area contributed by atoms with E-state index in [4.69, 9.17) is 13.9 Å². The predicted octanol–water partition coefficient (Wildman–Crippen LogP) is 0.194. The summed E-state index contributed by atoms with van der Waals surface area (Å²) >= 11 is 0. The maximum atomic E-state index is 13.2. The molecule has 176 valence electrons. The second kappa shape index (κ2) is 8.01. The highest BCUT2D eigenvalue weighted by Crippen LogP contribution is 2.43. The maximum Gasteiger partial charge on any atom is 0.239 e. The molecule has 12 nitrogen and oxygen atoms in total. The molecule has 2 aromatic carbocycles. The van der Waals surface area contributed by atoms with Gasteiger partial charge in [-0.2, -0.15) is 0 Å². The molecule has 0 radical (unpaired) electrons. The summed E-state index contributed by atoms with van der Waals surface area (Å²) in [6, 6.07) is 3.79. The largest absolute Gasteiger partial charge is 0.508 e. The van der Waals surface area contributed by atoms with Crippen molar-refractivity contribution in [2.45, 2.75) is 37.6 Å². The standard InChI is InChI=1S/C21H20O12/c1-6-14(26)17(29)18(30)21(31-6)33-20-16(28)13-9(23)4-8(22)5-12(13)32-19(20)7-2-10(24)15(27)11(25)3-7/h2-6,14,17-18,21-27,29-30H,1H3/t6-,14-,17-,18-,21+/m1/s1. The van der Waals surface area contributed by atoms with Crippen LogP contribution in [-0.2, 0) is 4.74 Å². The molecule has 4 rings (SSSR count). The Morgan fingerprint density at radius 1 is 0.848 bits per heavy atom. The van der Waals surface area contributed by atoms with E-state index in [-0.39, 0.29) is 11.1 Å². The Morgan fingerprint density at radius 3 is 2.12 bits per heavy atom. The molecular weight excluding hydrogens is 444 g/mol. The first-order valence-electron chi connectivity index (χ1n) is 9.64. The highest BCUT2D eigenvalue weighted by Gasteiger charge is 2.44. The van der Waals surface area contributed by atoms with Crippen molar-refractivity contribution < 1.29 is 54.7 Å². The van der Waals surface area contributed by atoms with Gasteiger partial charge in [-0.25, -0.2) is 0 Å². The van der Waals surface area contributed by atoms with Crippen LogP contribution < -0.4 is 10.2 Å². The molecule has 5 atom stereocenters. The molecule has 0 bridgehead atoms. The number of hydrogen-bond donors (Lipinski definition) is 8. The van der Waals surface area contributed by atoms with Gasteiger partial charge in [0.15, 0.2) is 23.0 Å². The van der Waals surface area contributed by atoms with Crippen LogP contribution in [-0.4, -0.2) is 71.6 Å². The Morgan fingerprint density at radius 2 is 1.48 bits per heavy atom. The lowest BCUT2D eigenvalue weighted by molar-refractivity contribution is -0.268. The van der Waals surface area contributed by atoms with Gasteiger partial charge in [0.05, 0.1) is 6.10 Å². The molecule has 12 heteroatoms. The predicted molar refractivity (Wildman–Crippen MR) is 109 cm³/mol. The van der Waals surface area contributed by atoms with Crippen molar-refractivity contribution in [1.29, 1.82) is 0 Å².